The molecule has 0 aliphatic carbocycles. The molecule has 0 saturated heterocycles. The molecular weight excluding hydrogens is 244 g/mol. The van der Waals surface area contributed by atoms with E-state index in [0.29, 0.717) is 12.2 Å². The summed E-state index contributed by atoms with van der Waals surface area (Å²) in [7, 11) is 0. The largest absolute Gasteiger partial charge is 0.351 e. The average Bonchev–Trinajstić information content (AvgIpc) is 2.35. The highest BCUT2D eigenvalue weighted by molar-refractivity contribution is 5.87. The lowest BCUT2D eigenvalue weighted by Crippen LogP contribution is -2.43. The fraction of sp³-hybridized carbons (Fsp3) is 0.385. The van der Waals surface area contributed by atoms with E-state index >= 15 is 0 Å². The van der Waals surface area contributed by atoms with Gasteiger partial charge in [0, 0.05) is 12.2 Å². The first kappa shape index (κ1) is 15.0. The molecule has 1 atom stereocenters. The monoisotopic (exact) mass is 264 g/mol. The maximum Gasteiger partial charge on any atom is 0.316 e. The zero-order chi connectivity index (χ0) is 14.4. The highest BCUT2D eigenvalue weighted by Gasteiger charge is 2.16. The number of rotatable bonds is 5. The van der Waals surface area contributed by atoms with Crippen molar-refractivity contribution < 1.29 is 9.59 Å². The Kier molecular flexibility index (Phi) is 5.32. The lowest BCUT2D eigenvalue weighted by atomic mass is 10.0. The molecule has 0 unspecified atom stereocenters. The van der Waals surface area contributed by atoms with Crippen molar-refractivity contribution >= 4 is 17.6 Å². The number of urea groups is 1. The van der Waals surface area contributed by atoms with E-state index in [4.69, 9.17) is 11.5 Å². The summed E-state index contributed by atoms with van der Waals surface area (Å²) < 4.78 is 0. The number of carbonyl (C=O) groups excluding carboxylic acids is 2. The van der Waals surface area contributed by atoms with Crippen molar-refractivity contribution in [2.24, 2.45) is 17.4 Å². The fourth-order valence-corrected chi connectivity index (χ4v) is 1.46. The summed E-state index contributed by atoms with van der Waals surface area (Å²) in [5.74, 6) is -0.0727. The molecule has 1 rings (SSSR count). The van der Waals surface area contributed by atoms with Gasteiger partial charge < -0.3 is 22.1 Å². The molecule has 1 aromatic carbocycles. The number of carbonyl (C=O) groups is 2. The first-order valence-corrected chi connectivity index (χ1v) is 6.09. The second-order valence-corrected chi connectivity index (χ2v) is 4.67. The number of nitrogens with two attached hydrogens (primary N) is 2. The van der Waals surface area contributed by atoms with Gasteiger partial charge in [0.15, 0.2) is 0 Å². The smallest absolute Gasteiger partial charge is 0.316 e. The Morgan fingerprint density at radius 1 is 1.21 bits per heavy atom. The first-order chi connectivity index (χ1) is 8.90. The quantitative estimate of drug-likeness (QED) is 0.630. The molecule has 0 bridgehead atoms. The molecule has 0 saturated carbocycles. The number of hydrogen-bond acceptors (Lipinski definition) is 3. The van der Waals surface area contributed by atoms with Gasteiger partial charge in [0.2, 0.25) is 5.91 Å². The van der Waals surface area contributed by atoms with E-state index in [1.807, 2.05) is 13.8 Å². The lowest BCUT2D eigenvalue weighted by Gasteiger charge is -2.15. The number of benzene rings is 1. The Hall–Kier alpha value is -2.08. The van der Waals surface area contributed by atoms with Gasteiger partial charge in [-0.25, -0.2) is 4.79 Å². The fourth-order valence-electron chi connectivity index (χ4n) is 1.46. The van der Waals surface area contributed by atoms with Crippen LogP contribution in [0.5, 0.6) is 0 Å². The topological polar surface area (TPSA) is 110 Å². The molecule has 6 nitrogen and oxygen atoms in total. The van der Waals surface area contributed by atoms with Crippen LogP contribution < -0.4 is 22.1 Å². The molecule has 1 aromatic rings. The van der Waals surface area contributed by atoms with E-state index in [0.717, 1.165) is 5.56 Å². The highest BCUT2D eigenvalue weighted by atomic mass is 16.2. The second kappa shape index (κ2) is 6.75. The summed E-state index contributed by atoms with van der Waals surface area (Å²) in [6.45, 7) is 4.19. The molecule has 0 aliphatic heterocycles. The summed E-state index contributed by atoms with van der Waals surface area (Å²) in [5.41, 5.74) is 12.3. The third-order valence-corrected chi connectivity index (χ3v) is 2.71. The molecule has 0 aromatic heterocycles. The van der Waals surface area contributed by atoms with Crippen LogP contribution in [0.4, 0.5) is 10.5 Å². The van der Waals surface area contributed by atoms with E-state index in [9.17, 15) is 9.59 Å². The molecule has 6 N–H and O–H groups in total. The highest BCUT2D eigenvalue weighted by Crippen LogP contribution is 2.09. The zero-order valence-corrected chi connectivity index (χ0v) is 11.1. The third kappa shape index (κ3) is 4.97. The molecule has 104 valence electrons. The van der Waals surface area contributed by atoms with Crippen LogP contribution in [0.1, 0.15) is 19.4 Å². The minimum absolute atomic E-state index is 0.0992. The van der Waals surface area contributed by atoms with Crippen molar-refractivity contribution in [3.05, 3.63) is 29.8 Å². The molecule has 19 heavy (non-hydrogen) atoms. The van der Waals surface area contributed by atoms with Crippen LogP contribution in [0.25, 0.3) is 0 Å². The molecule has 0 radical (unpaired) electrons. The Morgan fingerprint density at radius 3 is 2.26 bits per heavy atom. The number of anilines is 1. The van der Waals surface area contributed by atoms with Gasteiger partial charge in [-0.05, 0) is 23.6 Å². The van der Waals surface area contributed by atoms with Gasteiger partial charge in [0.1, 0.15) is 0 Å². The standard InChI is InChI=1S/C13H20N4O2/c1-8(2)11(14)12(18)16-7-9-3-5-10(6-4-9)17-13(15)19/h3-6,8,11H,7,14H2,1-2H3,(H,16,18)(H3,15,17,19)/t11-/m0/s1. The van der Waals surface area contributed by atoms with E-state index in [1.54, 1.807) is 24.3 Å². The Balaban J connectivity index is 2.50. The van der Waals surface area contributed by atoms with Crippen LogP contribution in [-0.2, 0) is 11.3 Å². The van der Waals surface area contributed by atoms with E-state index in [1.165, 1.54) is 0 Å². The molecule has 0 spiro atoms. The van der Waals surface area contributed by atoms with Crippen molar-refractivity contribution in [3.63, 3.8) is 0 Å². The average molecular weight is 264 g/mol. The van der Waals surface area contributed by atoms with Gasteiger partial charge in [0.05, 0.1) is 6.04 Å². The molecule has 3 amide bonds. The number of amides is 3. The second-order valence-electron chi connectivity index (χ2n) is 4.67. The summed E-state index contributed by atoms with van der Waals surface area (Å²) >= 11 is 0. The summed E-state index contributed by atoms with van der Waals surface area (Å²) in [5, 5.41) is 5.23. The Labute approximate surface area is 112 Å². The molecule has 0 aliphatic rings. The van der Waals surface area contributed by atoms with E-state index in [2.05, 4.69) is 10.6 Å². The Bertz CT molecular complexity index is 442. The van der Waals surface area contributed by atoms with Crippen LogP contribution in [-0.4, -0.2) is 18.0 Å². The molecule has 0 fully saturated rings. The van der Waals surface area contributed by atoms with Gasteiger partial charge in [-0.3, -0.25) is 4.79 Å². The van der Waals surface area contributed by atoms with Crippen molar-refractivity contribution in [1.82, 2.24) is 5.32 Å². The summed E-state index contributed by atoms with van der Waals surface area (Å²) in [6, 6.07) is 5.92. The van der Waals surface area contributed by atoms with Crippen molar-refractivity contribution in [2.75, 3.05) is 5.32 Å². The van der Waals surface area contributed by atoms with Crippen molar-refractivity contribution in [1.29, 1.82) is 0 Å². The minimum atomic E-state index is -0.607. The summed E-state index contributed by atoms with van der Waals surface area (Å²) in [6.07, 6.45) is 0. The Morgan fingerprint density at radius 2 is 1.79 bits per heavy atom. The predicted octanol–water partition coefficient (Wildman–Crippen LogP) is 0.777. The third-order valence-electron chi connectivity index (χ3n) is 2.71. The van der Waals surface area contributed by atoms with E-state index in [-0.39, 0.29) is 11.8 Å². The molecule has 0 heterocycles. The van der Waals surface area contributed by atoms with E-state index < -0.39 is 12.1 Å². The van der Waals surface area contributed by atoms with Crippen LogP contribution in [0.3, 0.4) is 0 Å². The van der Waals surface area contributed by atoms with Gasteiger partial charge in [-0.15, -0.1) is 0 Å². The van der Waals surface area contributed by atoms with Crippen LogP contribution >= 0.6 is 0 Å². The van der Waals surface area contributed by atoms with Crippen LogP contribution in [0.15, 0.2) is 24.3 Å². The van der Waals surface area contributed by atoms with Gasteiger partial charge in [-0.1, -0.05) is 26.0 Å². The minimum Gasteiger partial charge on any atom is -0.351 e. The summed E-state index contributed by atoms with van der Waals surface area (Å²) in [4.78, 5) is 22.3. The van der Waals surface area contributed by atoms with Gasteiger partial charge in [-0.2, -0.15) is 0 Å². The van der Waals surface area contributed by atoms with Crippen molar-refractivity contribution in [3.8, 4) is 0 Å². The number of primary amides is 1. The normalized spacial score (nSPS) is 12.0. The first-order valence-electron chi connectivity index (χ1n) is 6.09. The lowest BCUT2D eigenvalue weighted by molar-refractivity contribution is -0.123. The maximum absolute atomic E-state index is 11.7. The predicted molar refractivity (Wildman–Crippen MR) is 74.3 cm³/mol. The zero-order valence-electron chi connectivity index (χ0n) is 11.1. The SMILES string of the molecule is CC(C)[C@H](N)C(=O)NCc1ccc(NC(N)=O)cc1. The number of nitrogens with one attached hydrogen (secondary N) is 2. The molecular formula is C13H20N4O2. The van der Waals surface area contributed by atoms with Crippen LogP contribution in [0.2, 0.25) is 0 Å². The number of hydrogen-bond donors (Lipinski definition) is 4. The van der Waals surface area contributed by atoms with Gasteiger partial charge >= 0.3 is 6.03 Å². The van der Waals surface area contributed by atoms with Crippen molar-refractivity contribution in [2.45, 2.75) is 26.4 Å². The molecule has 6 heteroatoms. The maximum atomic E-state index is 11.7. The van der Waals surface area contributed by atoms with Crippen LogP contribution in [0, 0.1) is 5.92 Å². The van der Waals surface area contributed by atoms with Gasteiger partial charge in [0.25, 0.3) is 0 Å².